The van der Waals surface area contributed by atoms with Gasteiger partial charge in [-0.3, -0.25) is 4.79 Å². The van der Waals surface area contributed by atoms with Gasteiger partial charge < -0.3 is 10.1 Å². The predicted octanol–water partition coefficient (Wildman–Crippen LogP) is 3.36. The van der Waals surface area contributed by atoms with Gasteiger partial charge >= 0.3 is 5.97 Å². The molecule has 0 saturated carbocycles. The number of hydrogen-bond donors (Lipinski definition) is 1. The van der Waals surface area contributed by atoms with Gasteiger partial charge in [0.25, 0.3) is 0 Å². The molecule has 0 aliphatic carbocycles. The number of rotatable bonds is 6. The van der Waals surface area contributed by atoms with Gasteiger partial charge in [-0.25, -0.2) is 9.78 Å². The highest BCUT2D eigenvalue weighted by atomic mass is 32.2. The van der Waals surface area contributed by atoms with Gasteiger partial charge in [-0.05, 0) is 25.5 Å². The van der Waals surface area contributed by atoms with Gasteiger partial charge in [0.15, 0.2) is 10.8 Å². The van der Waals surface area contributed by atoms with Gasteiger partial charge in [-0.15, -0.1) is 23.1 Å². The zero-order valence-electron chi connectivity index (χ0n) is 12.3. The summed E-state index contributed by atoms with van der Waals surface area (Å²) in [7, 11) is 0. The summed E-state index contributed by atoms with van der Waals surface area (Å²) < 4.78 is 4.85. The molecule has 0 aliphatic rings. The normalized spacial score (nSPS) is 10.3. The van der Waals surface area contributed by atoms with Crippen molar-refractivity contribution in [3.05, 3.63) is 40.9 Å². The number of carbonyl (C=O) groups is 2. The molecule has 0 atom stereocenters. The van der Waals surface area contributed by atoms with Gasteiger partial charge in [0, 0.05) is 10.3 Å². The highest BCUT2D eigenvalue weighted by molar-refractivity contribution is 8.00. The maximum absolute atomic E-state index is 11.9. The van der Waals surface area contributed by atoms with Crippen LogP contribution < -0.4 is 5.32 Å². The lowest BCUT2D eigenvalue weighted by atomic mass is 10.2. The molecule has 0 saturated heterocycles. The molecule has 0 spiro atoms. The minimum Gasteiger partial charge on any atom is -0.461 e. The van der Waals surface area contributed by atoms with E-state index in [1.807, 2.05) is 31.2 Å². The first-order valence-corrected chi connectivity index (χ1v) is 8.57. The molecule has 2 aromatic rings. The molecule has 0 fully saturated rings. The van der Waals surface area contributed by atoms with Crippen LogP contribution in [0.1, 0.15) is 23.0 Å². The Morgan fingerprint density at radius 2 is 2.14 bits per heavy atom. The molecule has 0 aliphatic heterocycles. The summed E-state index contributed by atoms with van der Waals surface area (Å²) in [5, 5.41) is 4.66. The van der Waals surface area contributed by atoms with E-state index in [2.05, 4.69) is 10.3 Å². The van der Waals surface area contributed by atoms with E-state index in [0.717, 1.165) is 10.5 Å². The van der Waals surface area contributed by atoms with E-state index in [0.29, 0.717) is 17.5 Å². The highest BCUT2D eigenvalue weighted by Crippen LogP contribution is 2.22. The third-order valence-corrected chi connectivity index (χ3v) is 4.62. The van der Waals surface area contributed by atoms with Crippen LogP contribution in [0.4, 0.5) is 5.13 Å². The minimum absolute atomic E-state index is 0.155. The number of benzene rings is 1. The predicted molar refractivity (Wildman–Crippen MR) is 88.6 cm³/mol. The Morgan fingerprint density at radius 3 is 2.86 bits per heavy atom. The van der Waals surface area contributed by atoms with E-state index in [1.54, 1.807) is 12.3 Å². The van der Waals surface area contributed by atoms with Crippen LogP contribution in [-0.4, -0.2) is 29.2 Å². The smallest absolute Gasteiger partial charge is 0.357 e. The van der Waals surface area contributed by atoms with Crippen LogP contribution in [0.2, 0.25) is 0 Å². The molecule has 1 aromatic carbocycles. The molecule has 1 heterocycles. The van der Waals surface area contributed by atoms with E-state index in [1.165, 1.54) is 23.1 Å². The fraction of sp³-hybridized carbons (Fsp3) is 0.267. The average Bonchev–Trinajstić information content (AvgIpc) is 2.95. The molecular weight excluding hydrogens is 320 g/mol. The second-order valence-corrected chi connectivity index (χ2v) is 6.24. The largest absolute Gasteiger partial charge is 0.461 e. The lowest BCUT2D eigenvalue weighted by Crippen LogP contribution is -2.14. The van der Waals surface area contributed by atoms with E-state index >= 15 is 0 Å². The van der Waals surface area contributed by atoms with E-state index in [-0.39, 0.29) is 11.6 Å². The van der Waals surface area contributed by atoms with Crippen LogP contribution in [0.25, 0.3) is 0 Å². The number of aryl methyl sites for hydroxylation is 1. The lowest BCUT2D eigenvalue weighted by Gasteiger charge is -2.04. The zero-order chi connectivity index (χ0) is 15.9. The number of hydrogen-bond acceptors (Lipinski definition) is 6. The number of aromatic nitrogens is 1. The Morgan fingerprint density at radius 1 is 1.36 bits per heavy atom. The van der Waals surface area contributed by atoms with Crippen LogP contribution in [0, 0.1) is 6.92 Å². The van der Waals surface area contributed by atoms with Crippen molar-refractivity contribution in [2.75, 3.05) is 17.7 Å². The molecule has 0 unspecified atom stereocenters. The van der Waals surface area contributed by atoms with Gasteiger partial charge in [0.2, 0.25) is 5.91 Å². The monoisotopic (exact) mass is 336 g/mol. The van der Waals surface area contributed by atoms with E-state index in [4.69, 9.17) is 4.74 Å². The van der Waals surface area contributed by atoms with Crippen LogP contribution in [0.3, 0.4) is 0 Å². The Kier molecular flexibility index (Phi) is 5.97. The van der Waals surface area contributed by atoms with Crippen molar-refractivity contribution in [3.8, 4) is 0 Å². The number of amides is 1. The van der Waals surface area contributed by atoms with Crippen LogP contribution in [0.5, 0.6) is 0 Å². The number of ether oxygens (including phenoxy) is 1. The van der Waals surface area contributed by atoms with Crippen molar-refractivity contribution in [2.24, 2.45) is 0 Å². The molecular formula is C15H16N2O3S2. The summed E-state index contributed by atoms with van der Waals surface area (Å²) in [6, 6.07) is 7.90. The number of carbonyl (C=O) groups excluding carboxylic acids is 2. The molecule has 7 heteroatoms. The second kappa shape index (κ2) is 7.95. The van der Waals surface area contributed by atoms with Crippen molar-refractivity contribution in [1.29, 1.82) is 0 Å². The Labute approximate surface area is 137 Å². The fourth-order valence-corrected chi connectivity index (χ4v) is 3.17. The van der Waals surface area contributed by atoms with Crippen LogP contribution >= 0.6 is 23.1 Å². The summed E-state index contributed by atoms with van der Waals surface area (Å²) in [6.45, 7) is 4.04. The quantitative estimate of drug-likeness (QED) is 0.647. The number of thioether (sulfide) groups is 1. The number of esters is 1. The molecule has 1 N–H and O–H groups in total. The zero-order valence-corrected chi connectivity index (χ0v) is 13.9. The van der Waals surface area contributed by atoms with Gasteiger partial charge in [0.1, 0.15) is 0 Å². The SMILES string of the molecule is CCOC(=O)c1csc(NC(=O)CSc2ccccc2C)n1. The Hall–Kier alpha value is -1.86. The van der Waals surface area contributed by atoms with Crippen LogP contribution in [0.15, 0.2) is 34.5 Å². The Bertz CT molecular complexity index is 670. The van der Waals surface area contributed by atoms with E-state index in [9.17, 15) is 9.59 Å². The summed E-state index contributed by atoms with van der Waals surface area (Å²) in [5.74, 6) is -0.342. The molecule has 5 nitrogen and oxygen atoms in total. The second-order valence-electron chi connectivity index (χ2n) is 4.36. The first-order valence-electron chi connectivity index (χ1n) is 6.71. The summed E-state index contributed by atoms with van der Waals surface area (Å²) in [5.41, 5.74) is 1.35. The summed E-state index contributed by atoms with van der Waals surface area (Å²) >= 11 is 2.67. The lowest BCUT2D eigenvalue weighted by molar-refractivity contribution is -0.113. The first kappa shape index (κ1) is 16.5. The van der Waals surface area contributed by atoms with Crippen molar-refractivity contribution in [3.63, 3.8) is 0 Å². The average molecular weight is 336 g/mol. The highest BCUT2D eigenvalue weighted by Gasteiger charge is 2.13. The maximum atomic E-state index is 11.9. The molecule has 0 bridgehead atoms. The number of anilines is 1. The molecule has 0 radical (unpaired) electrons. The topological polar surface area (TPSA) is 68.3 Å². The molecule has 2 rings (SSSR count). The Balaban J connectivity index is 1.87. The number of nitrogens with one attached hydrogen (secondary N) is 1. The minimum atomic E-state index is -0.478. The molecule has 116 valence electrons. The van der Waals surface area contributed by atoms with Crippen molar-refractivity contribution >= 4 is 40.1 Å². The first-order chi connectivity index (χ1) is 10.6. The third-order valence-electron chi connectivity index (χ3n) is 2.69. The molecule has 1 amide bonds. The van der Waals surface area contributed by atoms with Crippen molar-refractivity contribution in [1.82, 2.24) is 4.98 Å². The number of nitrogens with zero attached hydrogens (tertiary/aromatic N) is 1. The van der Waals surface area contributed by atoms with Gasteiger partial charge in [0.05, 0.1) is 12.4 Å². The van der Waals surface area contributed by atoms with Gasteiger partial charge in [-0.2, -0.15) is 0 Å². The molecule has 1 aromatic heterocycles. The maximum Gasteiger partial charge on any atom is 0.357 e. The number of thiazole rings is 1. The van der Waals surface area contributed by atoms with E-state index < -0.39 is 5.97 Å². The van der Waals surface area contributed by atoms with Crippen LogP contribution in [-0.2, 0) is 9.53 Å². The van der Waals surface area contributed by atoms with Gasteiger partial charge in [-0.1, -0.05) is 18.2 Å². The summed E-state index contributed by atoms with van der Waals surface area (Å²) in [6.07, 6.45) is 0. The van der Waals surface area contributed by atoms with Crippen molar-refractivity contribution in [2.45, 2.75) is 18.7 Å². The fourth-order valence-electron chi connectivity index (χ4n) is 1.65. The third kappa shape index (κ3) is 4.57. The summed E-state index contributed by atoms with van der Waals surface area (Å²) in [4.78, 5) is 28.5. The van der Waals surface area contributed by atoms with Crippen molar-refractivity contribution < 1.29 is 14.3 Å². The standard InChI is InChI=1S/C15H16N2O3S2/c1-3-20-14(19)11-8-22-15(16-11)17-13(18)9-21-12-7-5-4-6-10(12)2/h4-8H,3,9H2,1-2H3,(H,16,17,18). The molecule has 22 heavy (non-hydrogen) atoms.